The lowest BCUT2D eigenvalue weighted by Crippen LogP contribution is -2.42. The van der Waals surface area contributed by atoms with Crippen LogP contribution in [0.2, 0.25) is 5.02 Å². The number of thiazole rings is 1. The maximum Gasteiger partial charge on any atom is 0.337 e. The Kier molecular flexibility index (Phi) is 23.4. The number of halogens is 1. The van der Waals surface area contributed by atoms with Gasteiger partial charge in [0.05, 0.1) is 55.6 Å². The number of aliphatic hydroxyl groups is 1. The molecule has 3 aromatic heterocycles. The number of anilines is 3. The van der Waals surface area contributed by atoms with Crippen LogP contribution in [0, 0.1) is 20.8 Å². The van der Waals surface area contributed by atoms with Gasteiger partial charge in [0.2, 0.25) is 48.1 Å². The summed E-state index contributed by atoms with van der Waals surface area (Å²) < 4.78 is 60.2. The van der Waals surface area contributed by atoms with Gasteiger partial charge in [-0.3, -0.25) is 29.3 Å². The Balaban J connectivity index is 0.000000154. The minimum Gasteiger partial charge on any atom is -0.478 e. The van der Waals surface area contributed by atoms with Gasteiger partial charge in [-0.25, -0.2) is 18.2 Å². The second-order valence-corrected chi connectivity index (χ2v) is 35.9. The highest BCUT2D eigenvalue weighted by atomic mass is 35.5. The number of carboxylic acids is 1. The minimum absolute atomic E-state index is 0. The molecule has 0 bridgehead atoms. The Morgan fingerprint density at radius 2 is 1.04 bits per heavy atom. The molecule has 123 heavy (non-hydrogen) atoms. The molecule has 638 valence electrons. The Hall–Kier alpha value is -12.5. The van der Waals surface area contributed by atoms with Gasteiger partial charge in [0.25, 0.3) is 0 Å². The number of ether oxygens (including phenoxy) is 6. The van der Waals surface area contributed by atoms with E-state index in [2.05, 4.69) is 47.6 Å². The number of carbonyl (C=O) groups excluding carboxylic acids is 4. The number of hydrogen-bond acceptors (Lipinski definition) is 18. The third-order valence-corrected chi connectivity index (χ3v) is 27.7. The van der Waals surface area contributed by atoms with E-state index in [1.807, 2.05) is 185 Å². The number of aromatic amines is 1. The quantitative estimate of drug-likeness (QED) is 0.0389. The summed E-state index contributed by atoms with van der Waals surface area (Å²) in [6.45, 7) is 6.92. The number of benzene rings is 9. The number of aliphatic hydroxyl groups excluding tert-OH is 1. The summed E-state index contributed by atoms with van der Waals surface area (Å²) in [5.41, 5.74) is 14.6. The normalized spacial score (nSPS) is 17.1. The van der Waals surface area contributed by atoms with Crippen molar-refractivity contribution in [3.05, 3.63) is 279 Å². The molecule has 4 aliphatic carbocycles. The van der Waals surface area contributed by atoms with Gasteiger partial charge >= 0.3 is 5.97 Å². The zero-order chi connectivity index (χ0) is 85.2. The molecule has 12 aromatic rings. The van der Waals surface area contributed by atoms with Gasteiger partial charge in [-0.15, -0.1) is 11.3 Å². The average molecular weight is 1720 g/mol. The fraction of sp³-hybridized carbons (Fsp3) is 0.278. The zero-order valence-corrected chi connectivity index (χ0v) is 70.4. The molecule has 1 saturated heterocycles. The van der Waals surface area contributed by atoms with Gasteiger partial charge in [0.15, 0.2) is 34.5 Å². The number of fused-ring (bicyclic) bond motifs is 3. The Morgan fingerprint density at radius 1 is 0.520 bits per heavy atom. The summed E-state index contributed by atoms with van der Waals surface area (Å²) in [5, 5.41) is 38.7. The highest BCUT2D eigenvalue weighted by molar-refractivity contribution is 7.89. The Morgan fingerprint density at radius 3 is 1.57 bits per heavy atom. The number of aromatic carboxylic acids is 1. The monoisotopic (exact) mass is 1720 g/mol. The third-order valence-electron chi connectivity index (χ3n) is 24.7. The third kappa shape index (κ3) is 17.4. The fourth-order valence-electron chi connectivity index (χ4n) is 17.2. The lowest BCUT2D eigenvalue weighted by molar-refractivity contribution is -0.123. The molecule has 4 saturated carbocycles. The standard InChI is InChI=1S/C30H33ClN2O4S.C24H20N2O5.C22H19NO3S.C21H19N3O3.5H2/c31-25-13-11-24(12-14-25)30(17-2-1-3-18-30)29(35)32-26-7-4-6-23(20-26)22-9-15-28(16-10-22)38(36,37)33-19-5-8-27(33)21-34;1-14-2-4-18(10-19(14)15-8-16(22(27)28)12-25-11-15)26-23(29)24(6-7-24)17-3-5-20-21(9-17)31-13-30-20;1-14-23-18(12-27-14)16-4-2-3-15(9-16)10-21(24)22(7-8-22)17-5-6-19-20(11-17)26-13-25-19;1-13-2-4-16(9-17(13)14-10-22-23-11-14)24-20(25)21(6-7-21)15-3-5-18-19(8-15)27-12-26-18;;;;;/h4,6-7,9-16,20,27,34H,1-3,5,8,17-19,21H2,(H,32,35);2-5,8-12H,6-7,13H2,1H3,(H,26,29)(H,27,28);2-6,9,11-12H,7-8,10,13H2,1H3;2-5,8-11H,6-7,12H2,1H3,(H,22,23)(H,24,25);5*1H/t27-;;;;;;;;/m1......../s1. The van der Waals surface area contributed by atoms with Crippen molar-refractivity contribution in [3.8, 4) is 79.1 Å². The molecule has 0 spiro atoms. The van der Waals surface area contributed by atoms with Crippen LogP contribution in [0.3, 0.4) is 0 Å². The second-order valence-electron chi connectivity index (χ2n) is 32.5. The van der Waals surface area contributed by atoms with Crippen LogP contribution in [-0.4, -0.2) is 112 Å². The summed E-state index contributed by atoms with van der Waals surface area (Å²) >= 11 is 7.76. The number of rotatable bonds is 21. The number of aromatic nitrogens is 4. The van der Waals surface area contributed by atoms with Crippen LogP contribution in [0.25, 0.3) is 44.6 Å². The van der Waals surface area contributed by atoms with E-state index in [0.717, 1.165) is 183 Å². The van der Waals surface area contributed by atoms with E-state index in [0.29, 0.717) is 58.6 Å². The minimum atomic E-state index is -3.66. The highest BCUT2D eigenvalue weighted by Crippen LogP contribution is 2.55. The van der Waals surface area contributed by atoms with Crippen molar-refractivity contribution in [2.75, 3.05) is 49.5 Å². The van der Waals surface area contributed by atoms with Crippen molar-refractivity contribution in [2.45, 2.75) is 143 Å². The van der Waals surface area contributed by atoms with Crippen molar-refractivity contribution in [1.29, 1.82) is 0 Å². The second kappa shape index (κ2) is 34.8. The van der Waals surface area contributed by atoms with Crippen molar-refractivity contribution >= 4 is 79.5 Å². The fourth-order valence-corrected chi connectivity index (χ4v) is 19.6. The number of hydrogen-bond donors (Lipinski definition) is 6. The van der Waals surface area contributed by atoms with Gasteiger partial charge in [0.1, 0.15) is 5.78 Å². The first kappa shape index (κ1) is 82.8. The summed E-state index contributed by atoms with van der Waals surface area (Å²) in [6, 6.07) is 60.3. The Labute approximate surface area is 728 Å². The number of carbonyl (C=O) groups is 5. The number of nitrogens with zero attached hydrogens (tertiary/aromatic N) is 4. The number of nitrogens with one attached hydrogen (secondary N) is 4. The summed E-state index contributed by atoms with van der Waals surface area (Å²) in [7, 11) is -3.66. The molecular formula is C97H101ClN8O15S2. The van der Waals surface area contributed by atoms with Crippen molar-refractivity contribution in [3.63, 3.8) is 0 Å². The number of Topliss-reactive ketones (excluding diaryl/α,β-unsaturated/α-hetero) is 1. The topological polar surface area (TPSA) is 309 Å². The lowest BCUT2D eigenvalue weighted by atomic mass is 9.68. The van der Waals surface area contributed by atoms with Gasteiger partial charge < -0.3 is 54.6 Å². The van der Waals surface area contributed by atoms with Crippen LogP contribution in [0.4, 0.5) is 17.1 Å². The van der Waals surface area contributed by atoms with E-state index in [9.17, 15) is 42.6 Å². The molecule has 7 heterocycles. The lowest BCUT2D eigenvalue weighted by Gasteiger charge is -2.36. The SMILES string of the molecule is Cc1ccc(NC(=O)C2(c3ccc4c(c3)OCO4)CC2)cc1-c1cn[nH]c1.Cc1ccc(NC(=O)C2(c3ccc4c(c3)OCO4)CC2)cc1-c1cncc(C(=O)O)c1.Cc1nc(-c2cccc(CC(=O)C3(c4ccc5c(c4)OCO5)CC3)c2)cs1.O=C(Nc1cccc(-c2ccc(S(=O)(=O)N3CCC[C@@H]3CO)cc2)c1)C1(c2ccc(Cl)cc2)CCCCC1.[HH].[HH].[HH].[HH].[HH]. The van der Waals surface area contributed by atoms with Gasteiger partial charge in [-0.05, 0) is 255 Å². The zero-order valence-electron chi connectivity index (χ0n) is 68.1. The first-order valence-corrected chi connectivity index (χ1v) is 44.0. The van der Waals surface area contributed by atoms with Crippen LogP contribution >= 0.6 is 22.9 Å². The van der Waals surface area contributed by atoms with E-state index in [1.54, 1.807) is 54.1 Å². The Bertz CT molecular complexity index is 6170. The predicted molar refractivity (Wildman–Crippen MR) is 480 cm³/mol. The number of pyridine rings is 1. The van der Waals surface area contributed by atoms with Crippen LogP contribution in [0.15, 0.2) is 229 Å². The molecule has 5 fully saturated rings. The first-order valence-electron chi connectivity index (χ1n) is 41.3. The number of ketones is 1. The number of sulfonamides is 1. The average Bonchev–Trinajstić information content (AvgIpc) is 1.58. The van der Waals surface area contributed by atoms with Crippen molar-refractivity contribution in [2.24, 2.45) is 0 Å². The largest absolute Gasteiger partial charge is 0.478 e. The van der Waals surface area contributed by atoms with Crippen LogP contribution in [-0.2, 0) is 57.3 Å². The molecule has 20 rings (SSSR count). The van der Waals surface area contributed by atoms with Gasteiger partial charge in [-0.1, -0.05) is 116 Å². The predicted octanol–water partition coefficient (Wildman–Crippen LogP) is 19.9. The molecule has 1 atom stereocenters. The first-order chi connectivity index (χ1) is 59.6. The molecule has 26 heteroatoms. The molecule has 0 radical (unpaired) electrons. The number of H-pyrrole nitrogens is 1. The molecule has 23 nitrogen and oxygen atoms in total. The smallest absolute Gasteiger partial charge is 0.337 e. The van der Waals surface area contributed by atoms with Crippen molar-refractivity contribution in [1.82, 2.24) is 24.5 Å². The van der Waals surface area contributed by atoms with Crippen LogP contribution < -0.4 is 44.4 Å². The molecule has 4 aliphatic heterocycles. The molecular weight excluding hydrogens is 1620 g/mol. The van der Waals surface area contributed by atoms with E-state index < -0.39 is 32.2 Å². The van der Waals surface area contributed by atoms with E-state index in [1.165, 1.54) is 10.5 Å². The molecule has 3 amide bonds. The molecule has 9 aromatic carbocycles. The van der Waals surface area contributed by atoms with E-state index in [-0.39, 0.29) is 79.5 Å². The summed E-state index contributed by atoms with van der Waals surface area (Å²) in [4.78, 5) is 73.3. The van der Waals surface area contributed by atoms with Crippen LogP contribution in [0.1, 0.15) is 145 Å². The van der Waals surface area contributed by atoms with Crippen LogP contribution in [0.5, 0.6) is 34.5 Å². The number of aryl methyl sites for hydroxylation is 3. The molecule has 0 unspecified atom stereocenters. The summed E-state index contributed by atoms with van der Waals surface area (Å²) in [5.74, 6) is 3.48. The highest BCUT2D eigenvalue weighted by Gasteiger charge is 2.54. The van der Waals surface area contributed by atoms with E-state index in [4.69, 9.17) is 40.0 Å². The maximum atomic E-state index is 13.7. The van der Waals surface area contributed by atoms with Gasteiger partial charge in [0, 0.05) is 88.9 Å². The number of amides is 3. The maximum absolute atomic E-state index is 13.7. The molecule has 6 N–H and O–H groups in total. The molecule has 8 aliphatic rings. The van der Waals surface area contributed by atoms with Crippen molar-refractivity contribution < 1.29 is 78.2 Å². The van der Waals surface area contributed by atoms with E-state index >= 15 is 0 Å². The van der Waals surface area contributed by atoms with Gasteiger partial charge in [-0.2, -0.15) is 9.40 Å². The number of carboxylic acid groups (broad SMARTS) is 1. The summed E-state index contributed by atoms with van der Waals surface area (Å²) in [6.07, 6.45) is 18.1.